The van der Waals surface area contributed by atoms with Gasteiger partial charge in [0.1, 0.15) is 6.54 Å². The number of nitrogens with zero attached hydrogens (tertiary/aromatic N) is 2. The topological polar surface area (TPSA) is 66.9 Å². The molecule has 27 heavy (non-hydrogen) atoms. The van der Waals surface area contributed by atoms with E-state index in [1.807, 2.05) is 13.8 Å². The van der Waals surface area contributed by atoms with Crippen molar-refractivity contribution in [3.05, 3.63) is 59.4 Å². The first-order valence-electron chi connectivity index (χ1n) is 8.19. The Balaban J connectivity index is 1.83. The molecule has 0 aliphatic heterocycles. The zero-order chi connectivity index (χ0) is 19.6. The van der Waals surface area contributed by atoms with Gasteiger partial charge in [0.2, 0.25) is 0 Å². The smallest absolute Gasteiger partial charge is 0.375 e. The molecule has 1 aromatic heterocycles. The molecule has 0 fully saturated rings. The number of nitrogens with one attached hydrogen (secondary N) is 2. The van der Waals surface area contributed by atoms with Crippen molar-refractivity contribution >= 4 is 28.3 Å². The summed E-state index contributed by atoms with van der Waals surface area (Å²) in [6.45, 7) is 2.49. The third kappa shape index (κ3) is 4.52. The van der Waals surface area contributed by atoms with Gasteiger partial charge >= 0.3 is 6.18 Å². The number of benzene rings is 2. The monoisotopic (exact) mass is 374 g/mol. The number of anilines is 2. The molecule has 0 atom stereocenters. The Bertz CT molecular complexity index is 1000. The lowest BCUT2D eigenvalue weighted by atomic mass is 10.1. The summed E-state index contributed by atoms with van der Waals surface area (Å²) in [7, 11) is 0. The van der Waals surface area contributed by atoms with Crippen molar-refractivity contribution in [2.75, 3.05) is 17.2 Å². The average molecular weight is 374 g/mol. The van der Waals surface area contributed by atoms with Crippen molar-refractivity contribution in [2.45, 2.75) is 20.0 Å². The fraction of sp³-hybridized carbons (Fsp3) is 0.211. The van der Waals surface area contributed by atoms with Crippen molar-refractivity contribution < 1.29 is 18.0 Å². The van der Waals surface area contributed by atoms with E-state index in [0.29, 0.717) is 16.6 Å². The molecule has 0 spiro atoms. The second-order valence-corrected chi connectivity index (χ2v) is 6.07. The molecule has 2 N–H and O–H groups in total. The van der Waals surface area contributed by atoms with E-state index in [9.17, 15) is 18.0 Å². The van der Waals surface area contributed by atoms with Crippen molar-refractivity contribution in [3.8, 4) is 0 Å². The van der Waals surface area contributed by atoms with Gasteiger partial charge in [-0.15, -0.1) is 0 Å². The summed E-state index contributed by atoms with van der Waals surface area (Å²) in [6, 6.07) is 11.1. The first kappa shape index (κ1) is 18.6. The molecular formula is C19H17F3N4O. The molecule has 0 aliphatic rings. The maximum absolute atomic E-state index is 12.6. The van der Waals surface area contributed by atoms with Gasteiger partial charge in [-0.2, -0.15) is 13.2 Å². The van der Waals surface area contributed by atoms with Crippen molar-refractivity contribution in [1.29, 1.82) is 0 Å². The fourth-order valence-corrected chi connectivity index (χ4v) is 2.51. The van der Waals surface area contributed by atoms with Crippen LogP contribution in [0.3, 0.4) is 0 Å². The van der Waals surface area contributed by atoms with Gasteiger partial charge in [0.05, 0.1) is 33.8 Å². The molecule has 0 aliphatic carbocycles. The van der Waals surface area contributed by atoms with Crippen LogP contribution in [0.2, 0.25) is 0 Å². The second kappa shape index (κ2) is 7.22. The number of rotatable bonds is 4. The molecule has 1 amide bonds. The predicted molar refractivity (Wildman–Crippen MR) is 98.0 cm³/mol. The van der Waals surface area contributed by atoms with Crippen LogP contribution in [0.1, 0.15) is 21.7 Å². The Morgan fingerprint density at radius 3 is 2.26 bits per heavy atom. The summed E-state index contributed by atoms with van der Waals surface area (Å²) in [4.78, 5) is 21.4. The Labute approximate surface area is 153 Å². The molecule has 5 nitrogen and oxygen atoms in total. The van der Waals surface area contributed by atoms with Crippen LogP contribution in [-0.2, 0) is 0 Å². The van der Waals surface area contributed by atoms with E-state index in [0.717, 1.165) is 11.4 Å². The van der Waals surface area contributed by atoms with Crippen LogP contribution in [0.4, 0.5) is 24.5 Å². The lowest BCUT2D eigenvalue weighted by molar-refractivity contribution is -0.115. The predicted octanol–water partition coefficient (Wildman–Crippen LogP) is 4.47. The first-order valence-corrected chi connectivity index (χ1v) is 8.19. The van der Waals surface area contributed by atoms with Gasteiger partial charge in [-0.3, -0.25) is 4.79 Å². The highest BCUT2D eigenvalue weighted by Gasteiger charge is 2.27. The number of para-hydroxylation sites is 2. The molecular weight excluding hydrogens is 357 g/mol. The van der Waals surface area contributed by atoms with Crippen LogP contribution >= 0.6 is 0 Å². The van der Waals surface area contributed by atoms with Gasteiger partial charge in [0.15, 0.2) is 0 Å². The molecule has 0 saturated carbocycles. The van der Waals surface area contributed by atoms with Crippen molar-refractivity contribution in [1.82, 2.24) is 9.97 Å². The third-order valence-corrected chi connectivity index (χ3v) is 3.99. The number of halogens is 3. The fourth-order valence-electron chi connectivity index (χ4n) is 2.51. The SMILES string of the molecule is Cc1nc2ccc(C(=O)Nc3ccccc3NCC(F)(F)F)cc2nc1C. The minimum Gasteiger partial charge on any atom is -0.375 e. The number of fused-ring (bicyclic) bond motifs is 1. The summed E-state index contributed by atoms with van der Waals surface area (Å²) in [5.41, 5.74) is 3.61. The molecule has 3 aromatic rings. The number of hydrogen-bond acceptors (Lipinski definition) is 4. The lowest BCUT2D eigenvalue weighted by Crippen LogP contribution is -2.22. The first-order chi connectivity index (χ1) is 12.7. The van der Waals surface area contributed by atoms with Crippen LogP contribution < -0.4 is 10.6 Å². The molecule has 0 saturated heterocycles. The Hall–Kier alpha value is -3.16. The minimum absolute atomic E-state index is 0.190. The highest BCUT2D eigenvalue weighted by molar-refractivity contribution is 6.07. The average Bonchev–Trinajstić information content (AvgIpc) is 2.61. The van der Waals surface area contributed by atoms with Crippen molar-refractivity contribution in [3.63, 3.8) is 0 Å². The zero-order valence-electron chi connectivity index (χ0n) is 14.7. The van der Waals surface area contributed by atoms with Gasteiger partial charge in [0, 0.05) is 5.56 Å². The highest BCUT2D eigenvalue weighted by Crippen LogP contribution is 2.24. The van der Waals surface area contributed by atoms with Crippen LogP contribution in [0.25, 0.3) is 11.0 Å². The van der Waals surface area contributed by atoms with Crippen LogP contribution in [0.15, 0.2) is 42.5 Å². The van der Waals surface area contributed by atoms with E-state index < -0.39 is 18.6 Å². The van der Waals surface area contributed by atoms with E-state index in [1.54, 1.807) is 30.3 Å². The highest BCUT2D eigenvalue weighted by atomic mass is 19.4. The van der Waals surface area contributed by atoms with Gasteiger partial charge in [-0.1, -0.05) is 12.1 Å². The minimum atomic E-state index is -4.36. The summed E-state index contributed by atoms with van der Waals surface area (Å²) >= 11 is 0. The largest absolute Gasteiger partial charge is 0.405 e. The van der Waals surface area contributed by atoms with Gasteiger partial charge in [-0.25, -0.2) is 9.97 Å². The molecule has 0 bridgehead atoms. The van der Waals surface area contributed by atoms with E-state index in [1.165, 1.54) is 12.1 Å². The number of amides is 1. The summed E-state index contributed by atoms with van der Waals surface area (Å²) < 4.78 is 37.3. The molecule has 3 rings (SSSR count). The molecule has 8 heteroatoms. The number of alkyl halides is 3. The van der Waals surface area contributed by atoms with Crippen LogP contribution in [-0.4, -0.2) is 28.6 Å². The Morgan fingerprint density at radius 1 is 0.963 bits per heavy atom. The van der Waals surface area contributed by atoms with Crippen molar-refractivity contribution in [2.24, 2.45) is 0 Å². The maximum atomic E-state index is 12.6. The third-order valence-electron chi connectivity index (χ3n) is 3.99. The quantitative estimate of drug-likeness (QED) is 0.707. The van der Waals surface area contributed by atoms with E-state index in [4.69, 9.17) is 0 Å². The van der Waals surface area contributed by atoms with Gasteiger partial charge < -0.3 is 10.6 Å². The lowest BCUT2D eigenvalue weighted by Gasteiger charge is -2.14. The second-order valence-electron chi connectivity index (χ2n) is 6.07. The van der Waals surface area contributed by atoms with E-state index in [-0.39, 0.29) is 11.4 Å². The van der Waals surface area contributed by atoms with E-state index in [2.05, 4.69) is 20.6 Å². The summed E-state index contributed by atoms with van der Waals surface area (Å²) in [5, 5.41) is 4.93. The molecule has 0 radical (unpaired) electrons. The van der Waals surface area contributed by atoms with Gasteiger partial charge in [-0.05, 0) is 44.2 Å². The molecule has 1 heterocycles. The number of aromatic nitrogens is 2. The number of hydrogen-bond donors (Lipinski definition) is 2. The zero-order valence-corrected chi connectivity index (χ0v) is 14.7. The summed E-state index contributed by atoms with van der Waals surface area (Å²) in [5.74, 6) is -0.446. The Kier molecular flexibility index (Phi) is 4.98. The molecule has 2 aromatic carbocycles. The summed E-state index contributed by atoms with van der Waals surface area (Å²) in [6.07, 6.45) is -4.36. The number of carbonyl (C=O) groups excluding carboxylic acids is 1. The number of carbonyl (C=O) groups is 1. The maximum Gasteiger partial charge on any atom is 0.405 e. The van der Waals surface area contributed by atoms with Gasteiger partial charge in [0.25, 0.3) is 5.91 Å². The van der Waals surface area contributed by atoms with E-state index >= 15 is 0 Å². The van der Waals surface area contributed by atoms with Crippen LogP contribution in [0.5, 0.6) is 0 Å². The standard InChI is InChI=1S/C19H17F3N4O/c1-11-12(2)25-17-9-13(7-8-16(17)24-11)18(27)26-15-6-4-3-5-14(15)23-10-19(20,21)22/h3-9,23H,10H2,1-2H3,(H,26,27). The number of aryl methyl sites for hydroxylation is 2. The molecule has 0 unspecified atom stereocenters. The van der Waals surface area contributed by atoms with Crippen LogP contribution in [0, 0.1) is 13.8 Å². The molecule has 140 valence electrons. The Morgan fingerprint density at radius 2 is 1.59 bits per heavy atom. The normalized spacial score (nSPS) is 11.4.